The predicted octanol–water partition coefficient (Wildman–Crippen LogP) is 4.33. The Hall–Kier alpha value is -2.76. The number of nitrogens with zero attached hydrogens (tertiary/aromatic N) is 3. The smallest absolute Gasteiger partial charge is 0.210 e. The second kappa shape index (κ2) is 9.08. The fraction of sp³-hybridized carbons (Fsp3) is 0.167. The van der Waals surface area contributed by atoms with Crippen LogP contribution >= 0.6 is 23.1 Å². The molecule has 0 aliphatic heterocycles. The SMILES string of the molecule is COc1cccc(Nc2nnc(SCCOc3cccc(C#N)c3)s2)c1. The van der Waals surface area contributed by atoms with Crippen LogP contribution < -0.4 is 14.8 Å². The second-order valence-electron chi connectivity index (χ2n) is 5.07. The van der Waals surface area contributed by atoms with Gasteiger partial charge in [-0.3, -0.25) is 0 Å². The molecule has 8 heteroatoms. The molecule has 26 heavy (non-hydrogen) atoms. The lowest BCUT2D eigenvalue weighted by atomic mass is 10.2. The van der Waals surface area contributed by atoms with Gasteiger partial charge in [-0.05, 0) is 30.3 Å². The first kappa shape index (κ1) is 18.0. The van der Waals surface area contributed by atoms with E-state index in [1.54, 1.807) is 31.0 Å². The number of hydrogen-bond acceptors (Lipinski definition) is 8. The number of ether oxygens (including phenoxy) is 2. The third kappa shape index (κ3) is 5.12. The monoisotopic (exact) mass is 384 g/mol. The molecule has 6 nitrogen and oxygen atoms in total. The van der Waals surface area contributed by atoms with Crippen molar-refractivity contribution in [1.29, 1.82) is 5.26 Å². The Morgan fingerprint density at radius 2 is 2.00 bits per heavy atom. The molecule has 0 spiro atoms. The van der Waals surface area contributed by atoms with Crippen molar-refractivity contribution in [3.63, 3.8) is 0 Å². The van der Waals surface area contributed by atoms with Crippen molar-refractivity contribution in [3.05, 3.63) is 54.1 Å². The minimum absolute atomic E-state index is 0.526. The van der Waals surface area contributed by atoms with E-state index in [2.05, 4.69) is 21.6 Å². The van der Waals surface area contributed by atoms with Crippen molar-refractivity contribution in [1.82, 2.24) is 10.2 Å². The Balaban J connectivity index is 1.47. The Kier molecular flexibility index (Phi) is 6.30. The Morgan fingerprint density at radius 3 is 2.85 bits per heavy atom. The van der Waals surface area contributed by atoms with Gasteiger partial charge in [0.25, 0.3) is 0 Å². The summed E-state index contributed by atoms with van der Waals surface area (Å²) in [6, 6.07) is 16.9. The topological polar surface area (TPSA) is 80.1 Å². The molecule has 1 heterocycles. The number of benzene rings is 2. The number of aromatic nitrogens is 2. The van der Waals surface area contributed by atoms with Crippen LogP contribution in [0.1, 0.15) is 5.56 Å². The van der Waals surface area contributed by atoms with Gasteiger partial charge in [-0.15, -0.1) is 10.2 Å². The molecule has 2 aromatic carbocycles. The van der Waals surface area contributed by atoms with Crippen LogP contribution in [0.5, 0.6) is 11.5 Å². The van der Waals surface area contributed by atoms with Crippen LogP contribution in [0, 0.1) is 11.3 Å². The lowest BCUT2D eigenvalue weighted by Gasteiger charge is -2.05. The number of nitrogens with one attached hydrogen (secondary N) is 1. The zero-order chi connectivity index (χ0) is 18.2. The van der Waals surface area contributed by atoms with E-state index in [0.29, 0.717) is 17.9 Å². The first-order valence-corrected chi connectivity index (χ1v) is 9.57. The van der Waals surface area contributed by atoms with E-state index in [1.807, 2.05) is 36.4 Å². The third-order valence-corrected chi connectivity index (χ3v) is 5.20. The summed E-state index contributed by atoms with van der Waals surface area (Å²) in [4.78, 5) is 0. The van der Waals surface area contributed by atoms with E-state index in [4.69, 9.17) is 14.7 Å². The van der Waals surface area contributed by atoms with Crippen LogP contribution in [0.15, 0.2) is 52.9 Å². The molecule has 132 valence electrons. The number of hydrogen-bond donors (Lipinski definition) is 1. The maximum absolute atomic E-state index is 8.88. The van der Waals surface area contributed by atoms with E-state index >= 15 is 0 Å². The molecule has 0 aliphatic carbocycles. The van der Waals surface area contributed by atoms with Crippen LogP contribution in [0.3, 0.4) is 0 Å². The molecule has 0 aliphatic rings. The van der Waals surface area contributed by atoms with Crippen LogP contribution in [0.4, 0.5) is 10.8 Å². The summed E-state index contributed by atoms with van der Waals surface area (Å²) < 4.78 is 11.7. The summed E-state index contributed by atoms with van der Waals surface area (Å²) in [5.41, 5.74) is 1.49. The third-order valence-electron chi connectivity index (χ3n) is 3.27. The van der Waals surface area contributed by atoms with Gasteiger partial charge in [-0.1, -0.05) is 35.2 Å². The second-order valence-corrected chi connectivity index (χ2v) is 7.39. The van der Waals surface area contributed by atoms with Crippen molar-refractivity contribution >= 4 is 33.9 Å². The van der Waals surface area contributed by atoms with Crippen molar-refractivity contribution < 1.29 is 9.47 Å². The van der Waals surface area contributed by atoms with Gasteiger partial charge in [0, 0.05) is 17.5 Å². The quantitative estimate of drug-likeness (QED) is 0.457. The number of rotatable bonds is 8. The normalized spacial score (nSPS) is 10.2. The first-order chi connectivity index (χ1) is 12.8. The summed E-state index contributed by atoms with van der Waals surface area (Å²) >= 11 is 3.06. The summed E-state index contributed by atoms with van der Waals surface area (Å²) in [6.45, 7) is 0.526. The van der Waals surface area contributed by atoms with Gasteiger partial charge >= 0.3 is 0 Å². The van der Waals surface area contributed by atoms with Crippen LogP contribution in [-0.2, 0) is 0 Å². The standard InChI is InChI=1S/C18H16N4O2S2/c1-23-15-6-3-5-14(11-15)20-17-21-22-18(26-17)25-9-8-24-16-7-2-4-13(10-16)12-19/h2-7,10-11H,8-9H2,1H3,(H,20,21). The van der Waals surface area contributed by atoms with E-state index < -0.39 is 0 Å². The molecule has 0 saturated heterocycles. The van der Waals surface area contributed by atoms with Gasteiger partial charge in [-0.25, -0.2) is 0 Å². The van der Waals surface area contributed by atoms with Crippen molar-refractivity contribution in [2.75, 3.05) is 24.8 Å². The maximum Gasteiger partial charge on any atom is 0.210 e. The largest absolute Gasteiger partial charge is 0.497 e. The Bertz CT molecular complexity index is 908. The van der Waals surface area contributed by atoms with Crippen molar-refractivity contribution in [2.24, 2.45) is 0 Å². The molecule has 3 rings (SSSR count). The molecule has 1 N–H and O–H groups in total. The highest BCUT2D eigenvalue weighted by Gasteiger charge is 2.06. The number of nitriles is 1. The van der Waals surface area contributed by atoms with Gasteiger partial charge in [0.05, 0.1) is 25.3 Å². The van der Waals surface area contributed by atoms with Gasteiger partial charge in [0.15, 0.2) is 4.34 Å². The highest BCUT2D eigenvalue weighted by molar-refractivity contribution is 8.01. The molecular formula is C18H16N4O2S2. The number of anilines is 2. The minimum atomic E-state index is 0.526. The van der Waals surface area contributed by atoms with Crippen LogP contribution in [0.25, 0.3) is 0 Å². The molecule has 0 fully saturated rings. The minimum Gasteiger partial charge on any atom is -0.497 e. The number of thioether (sulfide) groups is 1. The molecule has 0 unspecified atom stereocenters. The molecule has 0 saturated carbocycles. The molecule has 0 amide bonds. The van der Waals surface area contributed by atoms with Crippen LogP contribution in [0.2, 0.25) is 0 Å². The summed E-state index contributed by atoms with van der Waals surface area (Å²) in [7, 11) is 1.64. The lowest BCUT2D eigenvalue weighted by molar-refractivity contribution is 0.344. The van der Waals surface area contributed by atoms with Crippen molar-refractivity contribution in [2.45, 2.75) is 4.34 Å². The fourth-order valence-corrected chi connectivity index (χ4v) is 3.75. The van der Waals surface area contributed by atoms with Crippen LogP contribution in [-0.4, -0.2) is 29.7 Å². The van der Waals surface area contributed by atoms with Gasteiger partial charge in [0.1, 0.15) is 11.5 Å². The first-order valence-electron chi connectivity index (χ1n) is 7.77. The Labute approximate surface area is 159 Å². The zero-order valence-corrected chi connectivity index (χ0v) is 15.6. The van der Waals surface area contributed by atoms with E-state index in [0.717, 1.165) is 26.7 Å². The Morgan fingerprint density at radius 1 is 1.15 bits per heavy atom. The predicted molar refractivity (Wildman–Crippen MR) is 104 cm³/mol. The van der Waals surface area contributed by atoms with E-state index in [9.17, 15) is 0 Å². The zero-order valence-electron chi connectivity index (χ0n) is 14.0. The molecule has 0 radical (unpaired) electrons. The summed E-state index contributed by atoms with van der Waals surface area (Å²) in [5.74, 6) is 2.22. The van der Waals surface area contributed by atoms with Gasteiger partial charge < -0.3 is 14.8 Å². The molecular weight excluding hydrogens is 368 g/mol. The highest BCUT2D eigenvalue weighted by atomic mass is 32.2. The summed E-state index contributed by atoms with van der Waals surface area (Å²) in [5, 5.41) is 21.1. The molecule has 0 bridgehead atoms. The lowest BCUT2D eigenvalue weighted by Crippen LogP contribution is -2.00. The average molecular weight is 384 g/mol. The van der Waals surface area contributed by atoms with E-state index in [1.165, 1.54) is 11.3 Å². The fourth-order valence-electron chi connectivity index (χ4n) is 2.09. The molecule has 1 aromatic heterocycles. The number of methoxy groups -OCH3 is 1. The highest BCUT2D eigenvalue weighted by Crippen LogP contribution is 2.28. The average Bonchev–Trinajstić information content (AvgIpc) is 3.13. The molecule has 3 aromatic rings. The van der Waals surface area contributed by atoms with Crippen molar-refractivity contribution in [3.8, 4) is 17.6 Å². The molecule has 0 atom stereocenters. The van der Waals surface area contributed by atoms with Gasteiger partial charge in [0.2, 0.25) is 5.13 Å². The maximum atomic E-state index is 8.88. The summed E-state index contributed by atoms with van der Waals surface area (Å²) in [6.07, 6.45) is 0. The van der Waals surface area contributed by atoms with E-state index in [-0.39, 0.29) is 0 Å². The van der Waals surface area contributed by atoms with Gasteiger partial charge in [-0.2, -0.15) is 5.26 Å².